The molecule has 9 heavy (non-hydrogen) atoms. The molecule has 0 aliphatic carbocycles. The van der Waals surface area contributed by atoms with E-state index in [9.17, 15) is 0 Å². The van der Waals surface area contributed by atoms with Crippen LogP contribution in [0, 0.1) is 11.8 Å². The maximum atomic E-state index is 4.24. The second kappa shape index (κ2) is 3.00. The summed E-state index contributed by atoms with van der Waals surface area (Å²) in [5, 5.41) is 0. The minimum Gasteiger partial charge on any atom is -0.297 e. The fourth-order valence-corrected chi connectivity index (χ4v) is 1.34. The van der Waals surface area contributed by atoms with E-state index in [1.54, 1.807) is 0 Å². The maximum absolute atomic E-state index is 4.24. The van der Waals surface area contributed by atoms with Crippen molar-refractivity contribution in [3.8, 4) is 0 Å². The summed E-state index contributed by atoms with van der Waals surface area (Å²) in [4.78, 5) is 4.24. The Labute approximate surface area is 57.2 Å². The van der Waals surface area contributed by atoms with Gasteiger partial charge < -0.3 is 0 Å². The van der Waals surface area contributed by atoms with E-state index >= 15 is 0 Å². The zero-order valence-corrected chi connectivity index (χ0v) is 6.30. The third kappa shape index (κ3) is 1.54. The Morgan fingerprint density at radius 2 is 2.44 bits per heavy atom. The second-order valence-electron chi connectivity index (χ2n) is 2.94. The van der Waals surface area contributed by atoms with Crippen molar-refractivity contribution >= 4 is 6.21 Å². The summed E-state index contributed by atoms with van der Waals surface area (Å²) < 4.78 is 0. The molecule has 1 heterocycles. The van der Waals surface area contributed by atoms with Crippen LogP contribution in [0.2, 0.25) is 0 Å². The summed E-state index contributed by atoms with van der Waals surface area (Å²) in [5.41, 5.74) is 0. The van der Waals surface area contributed by atoms with Crippen molar-refractivity contribution in [3.05, 3.63) is 0 Å². The Hall–Kier alpha value is -0.330. The summed E-state index contributed by atoms with van der Waals surface area (Å²) in [7, 11) is 0. The molecule has 0 aromatic carbocycles. The highest BCUT2D eigenvalue weighted by molar-refractivity contribution is 5.63. The summed E-state index contributed by atoms with van der Waals surface area (Å²) in [6.07, 6.45) is 4.75. The van der Waals surface area contributed by atoms with E-state index in [1.807, 2.05) is 0 Å². The van der Waals surface area contributed by atoms with Crippen LogP contribution in [0.3, 0.4) is 0 Å². The zero-order chi connectivity index (χ0) is 6.69. The molecule has 1 heteroatoms. The highest BCUT2D eigenvalue weighted by Crippen LogP contribution is 2.20. The second-order valence-corrected chi connectivity index (χ2v) is 2.94. The summed E-state index contributed by atoms with van der Waals surface area (Å²) in [6, 6.07) is 0. The van der Waals surface area contributed by atoms with Crippen LogP contribution in [-0.2, 0) is 0 Å². The SMILES string of the molecule is CCC[C@@H]1C=NC[C@@H]1C. The topological polar surface area (TPSA) is 12.4 Å². The van der Waals surface area contributed by atoms with Gasteiger partial charge in [-0.2, -0.15) is 0 Å². The third-order valence-electron chi connectivity index (χ3n) is 2.04. The molecule has 0 saturated heterocycles. The average Bonchev–Trinajstić information content (AvgIpc) is 2.18. The molecule has 0 aromatic rings. The molecule has 0 radical (unpaired) electrons. The first-order chi connectivity index (χ1) is 4.34. The number of hydrogen-bond acceptors (Lipinski definition) is 1. The van der Waals surface area contributed by atoms with Crippen molar-refractivity contribution in [1.29, 1.82) is 0 Å². The molecule has 1 aliphatic heterocycles. The lowest BCUT2D eigenvalue weighted by molar-refractivity contribution is 0.469. The zero-order valence-electron chi connectivity index (χ0n) is 6.30. The lowest BCUT2D eigenvalue weighted by atomic mass is 9.94. The quantitative estimate of drug-likeness (QED) is 0.536. The van der Waals surface area contributed by atoms with Gasteiger partial charge in [0.1, 0.15) is 0 Å². The number of hydrogen-bond donors (Lipinski definition) is 0. The lowest BCUT2D eigenvalue weighted by Gasteiger charge is -2.09. The first kappa shape index (κ1) is 6.79. The van der Waals surface area contributed by atoms with Gasteiger partial charge in [0.05, 0.1) is 0 Å². The molecule has 1 aliphatic rings. The van der Waals surface area contributed by atoms with E-state index in [4.69, 9.17) is 0 Å². The van der Waals surface area contributed by atoms with Gasteiger partial charge in [-0.05, 0) is 18.3 Å². The highest BCUT2D eigenvalue weighted by Gasteiger charge is 2.17. The molecule has 1 nitrogen and oxygen atoms in total. The first-order valence-electron chi connectivity index (χ1n) is 3.84. The molecule has 52 valence electrons. The minimum absolute atomic E-state index is 0.787. The van der Waals surface area contributed by atoms with Crippen molar-refractivity contribution in [1.82, 2.24) is 0 Å². The Morgan fingerprint density at radius 1 is 1.67 bits per heavy atom. The van der Waals surface area contributed by atoms with E-state index < -0.39 is 0 Å². The van der Waals surface area contributed by atoms with Crippen molar-refractivity contribution in [2.75, 3.05) is 6.54 Å². The molecular weight excluding hydrogens is 110 g/mol. The third-order valence-corrected chi connectivity index (χ3v) is 2.04. The van der Waals surface area contributed by atoms with Crippen molar-refractivity contribution < 1.29 is 0 Å². The van der Waals surface area contributed by atoms with Gasteiger partial charge >= 0.3 is 0 Å². The Morgan fingerprint density at radius 3 is 2.89 bits per heavy atom. The molecule has 0 amide bonds. The molecule has 0 unspecified atom stereocenters. The smallest absolute Gasteiger partial charge is 0.0417 e. The van der Waals surface area contributed by atoms with Gasteiger partial charge in [-0.1, -0.05) is 20.3 Å². The molecular formula is C8H15N. The van der Waals surface area contributed by atoms with Gasteiger partial charge in [0, 0.05) is 12.8 Å². The normalized spacial score (nSPS) is 33.6. The molecule has 2 atom stereocenters. The average molecular weight is 125 g/mol. The van der Waals surface area contributed by atoms with Gasteiger partial charge in [-0.25, -0.2) is 0 Å². The molecule has 0 aromatic heterocycles. The largest absolute Gasteiger partial charge is 0.297 e. The van der Waals surface area contributed by atoms with Crippen LogP contribution in [0.1, 0.15) is 26.7 Å². The molecule has 1 rings (SSSR count). The molecule has 0 fully saturated rings. The van der Waals surface area contributed by atoms with E-state index in [0.29, 0.717) is 0 Å². The van der Waals surface area contributed by atoms with Crippen molar-refractivity contribution in [2.45, 2.75) is 26.7 Å². The van der Waals surface area contributed by atoms with Gasteiger partial charge in [0.2, 0.25) is 0 Å². The van der Waals surface area contributed by atoms with Gasteiger partial charge in [-0.15, -0.1) is 0 Å². The van der Waals surface area contributed by atoms with E-state index in [0.717, 1.165) is 18.4 Å². The van der Waals surface area contributed by atoms with E-state index in [-0.39, 0.29) is 0 Å². The summed E-state index contributed by atoms with van der Waals surface area (Å²) in [5.74, 6) is 1.60. The standard InChI is InChI=1S/C8H15N/c1-3-4-8-6-9-5-7(8)2/h6-8H,3-5H2,1-2H3/t7-,8+/m0/s1. The van der Waals surface area contributed by atoms with Crippen LogP contribution >= 0.6 is 0 Å². The van der Waals surface area contributed by atoms with Crippen LogP contribution in [0.5, 0.6) is 0 Å². The monoisotopic (exact) mass is 125 g/mol. The van der Waals surface area contributed by atoms with Crippen LogP contribution in [0.15, 0.2) is 4.99 Å². The molecule has 0 bridgehead atoms. The fraction of sp³-hybridized carbons (Fsp3) is 0.875. The van der Waals surface area contributed by atoms with Gasteiger partial charge in [-0.3, -0.25) is 4.99 Å². The fourth-order valence-electron chi connectivity index (χ4n) is 1.34. The van der Waals surface area contributed by atoms with E-state index in [2.05, 4.69) is 25.1 Å². The highest BCUT2D eigenvalue weighted by atomic mass is 14.8. The van der Waals surface area contributed by atoms with Gasteiger partial charge in [0.25, 0.3) is 0 Å². The van der Waals surface area contributed by atoms with Crippen LogP contribution in [0.4, 0.5) is 0 Å². The van der Waals surface area contributed by atoms with Crippen LogP contribution in [-0.4, -0.2) is 12.8 Å². The Bertz CT molecular complexity index is 107. The summed E-state index contributed by atoms with van der Waals surface area (Å²) in [6.45, 7) is 5.58. The van der Waals surface area contributed by atoms with Crippen LogP contribution in [0.25, 0.3) is 0 Å². The minimum atomic E-state index is 0.787. The molecule has 0 spiro atoms. The molecule has 0 saturated carbocycles. The predicted molar refractivity (Wildman–Crippen MR) is 40.9 cm³/mol. The molecule has 0 N–H and O–H groups in total. The number of aliphatic imine (C=N–C) groups is 1. The maximum Gasteiger partial charge on any atom is 0.0417 e. The van der Waals surface area contributed by atoms with Crippen molar-refractivity contribution in [2.24, 2.45) is 16.8 Å². The Balaban J connectivity index is 2.31. The predicted octanol–water partition coefficient (Wildman–Crippen LogP) is 2.12. The van der Waals surface area contributed by atoms with Crippen molar-refractivity contribution in [3.63, 3.8) is 0 Å². The van der Waals surface area contributed by atoms with E-state index in [1.165, 1.54) is 12.8 Å². The van der Waals surface area contributed by atoms with Crippen LogP contribution < -0.4 is 0 Å². The summed E-state index contributed by atoms with van der Waals surface area (Å²) >= 11 is 0. The lowest BCUT2D eigenvalue weighted by Crippen LogP contribution is -2.08. The Kier molecular flexibility index (Phi) is 2.26. The first-order valence-corrected chi connectivity index (χ1v) is 3.84. The number of rotatable bonds is 2. The number of nitrogens with zero attached hydrogens (tertiary/aromatic N) is 1. The van der Waals surface area contributed by atoms with Gasteiger partial charge in [0.15, 0.2) is 0 Å².